The van der Waals surface area contributed by atoms with Crippen LogP contribution in [-0.4, -0.2) is 23.2 Å². The van der Waals surface area contributed by atoms with E-state index in [-0.39, 0.29) is 11.8 Å². The Balaban J connectivity index is 1.67. The maximum Gasteiger partial charge on any atom is 0.228 e. The molecule has 0 bridgehead atoms. The first-order chi connectivity index (χ1) is 11.2. The molecular weight excluding hydrogens is 290 g/mol. The molecule has 2 N–H and O–H groups in total. The summed E-state index contributed by atoms with van der Waals surface area (Å²) in [5.74, 6) is 1.66. The van der Waals surface area contributed by atoms with E-state index in [0.717, 1.165) is 40.6 Å². The van der Waals surface area contributed by atoms with Crippen molar-refractivity contribution in [1.29, 1.82) is 0 Å². The average Bonchev–Trinajstić information content (AvgIpc) is 3.37. The van der Waals surface area contributed by atoms with Crippen LogP contribution in [0.2, 0.25) is 0 Å². The highest BCUT2D eigenvalue weighted by Gasteiger charge is 2.30. The van der Waals surface area contributed by atoms with E-state index in [1.165, 1.54) is 0 Å². The van der Waals surface area contributed by atoms with E-state index < -0.39 is 0 Å². The van der Waals surface area contributed by atoms with Crippen LogP contribution in [0.3, 0.4) is 0 Å². The summed E-state index contributed by atoms with van der Waals surface area (Å²) in [6, 6.07) is 14.0. The number of nitrogens with zero attached hydrogens (tertiary/aromatic N) is 1. The lowest BCUT2D eigenvalue weighted by Gasteiger charge is -2.05. The van der Waals surface area contributed by atoms with Crippen LogP contribution in [0.15, 0.2) is 42.5 Å². The first-order valence-corrected chi connectivity index (χ1v) is 7.68. The third-order valence-electron chi connectivity index (χ3n) is 4.16. The van der Waals surface area contributed by atoms with Crippen molar-refractivity contribution in [2.45, 2.75) is 12.8 Å². The zero-order valence-corrected chi connectivity index (χ0v) is 12.8. The number of amides is 1. The Hall–Kier alpha value is -2.82. The van der Waals surface area contributed by atoms with Gasteiger partial charge in [0.15, 0.2) is 5.82 Å². The van der Waals surface area contributed by atoms with E-state index >= 15 is 0 Å². The molecule has 5 heteroatoms. The molecule has 1 aliphatic rings. The molecule has 23 heavy (non-hydrogen) atoms. The van der Waals surface area contributed by atoms with Crippen molar-refractivity contribution in [3.05, 3.63) is 42.5 Å². The zero-order valence-electron chi connectivity index (χ0n) is 12.8. The third-order valence-corrected chi connectivity index (χ3v) is 4.16. The first kappa shape index (κ1) is 13.8. The number of aromatic nitrogens is 2. The number of H-pyrrole nitrogens is 1. The number of carbonyl (C=O) groups is 1. The molecular formula is C18H17N3O2. The molecule has 1 saturated carbocycles. The molecule has 1 heterocycles. The second-order valence-corrected chi connectivity index (χ2v) is 5.83. The van der Waals surface area contributed by atoms with Crippen LogP contribution < -0.4 is 10.1 Å². The molecule has 116 valence electrons. The molecule has 4 rings (SSSR count). The second-order valence-electron chi connectivity index (χ2n) is 5.83. The lowest BCUT2D eigenvalue weighted by Crippen LogP contribution is -2.13. The highest BCUT2D eigenvalue weighted by molar-refractivity contribution is 6.02. The lowest BCUT2D eigenvalue weighted by molar-refractivity contribution is -0.117. The number of aromatic amines is 1. The van der Waals surface area contributed by atoms with Gasteiger partial charge in [-0.2, -0.15) is 5.10 Å². The van der Waals surface area contributed by atoms with Gasteiger partial charge in [-0.05, 0) is 48.2 Å². The molecule has 1 aromatic heterocycles. The van der Waals surface area contributed by atoms with Gasteiger partial charge < -0.3 is 10.1 Å². The molecule has 0 unspecified atom stereocenters. The van der Waals surface area contributed by atoms with Crippen LogP contribution in [0.1, 0.15) is 12.8 Å². The van der Waals surface area contributed by atoms with Crippen LogP contribution in [0.25, 0.3) is 22.0 Å². The van der Waals surface area contributed by atoms with Crippen LogP contribution >= 0.6 is 0 Å². The number of hydrogen-bond acceptors (Lipinski definition) is 3. The SMILES string of the molecule is COc1cccc(-c2ccc3c(NC(=O)C4CC4)n[nH]c3c2)c1. The van der Waals surface area contributed by atoms with Crippen molar-refractivity contribution < 1.29 is 9.53 Å². The molecule has 0 radical (unpaired) electrons. The molecule has 1 amide bonds. The van der Waals surface area contributed by atoms with E-state index in [4.69, 9.17) is 4.74 Å². The molecule has 0 saturated heterocycles. The van der Waals surface area contributed by atoms with E-state index in [0.29, 0.717) is 5.82 Å². The zero-order chi connectivity index (χ0) is 15.8. The highest BCUT2D eigenvalue weighted by Crippen LogP contribution is 2.32. The number of rotatable bonds is 4. The summed E-state index contributed by atoms with van der Waals surface area (Å²) in [4.78, 5) is 11.9. The minimum atomic E-state index is 0.0651. The Morgan fingerprint density at radius 3 is 2.83 bits per heavy atom. The maximum absolute atomic E-state index is 11.9. The quantitative estimate of drug-likeness (QED) is 0.774. The van der Waals surface area contributed by atoms with Gasteiger partial charge in [-0.1, -0.05) is 18.2 Å². The molecule has 0 atom stereocenters. The van der Waals surface area contributed by atoms with Gasteiger partial charge in [0.1, 0.15) is 5.75 Å². The van der Waals surface area contributed by atoms with Crippen molar-refractivity contribution in [3.63, 3.8) is 0 Å². The van der Waals surface area contributed by atoms with E-state index in [1.54, 1.807) is 7.11 Å². The molecule has 3 aromatic rings. The number of nitrogens with one attached hydrogen (secondary N) is 2. The van der Waals surface area contributed by atoms with Crippen LogP contribution in [0.4, 0.5) is 5.82 Å². The largest absolute Gasteiger partial charge is 0.497 e. The molecule has 1 aliphatic carbocycles. The minimum Gasteiger partial charge on any atom is -0.497 e. The Morgan fingerprint density at radius 1 is 1.22 bits per heavy atom. The summed E-state index contributed by atoms with van der Waals surface area (Å²) in [7, 11) is 1.66. The fraction of sp³-hybridized carbons (Fsp3) is 0.222. The Kier molecular flexibility index (Phi) is 3.26. The van der Waals surface area contributed by atoms with Gasteiger partial charge in [0.05, 0.1) is 12.6 Å². The van der Waals surface area contributed by atoms with Crippen molar-refractivity contribution in [3.8, 4) is 16.9 Å². The highest BCUT2D eigenvalue weighted by atomic mass is 16.5. The topological polar surface area (TPSA) is 67.0 Å². The van der Waals surface area contributed by atoms with Gasteiger partial charge in [-0.25, -0.2) is 0 Å². The van der Waals surface area contributed by atoms with Crippen LogP contribution in [0, 0.1) is 5.92 Å². The van der Waals surface area contributed by atoms with Crippen molar-refractivity contribution in [1.82, 2.24) is 10.2 Å². The summed E-state index contributed by atoms with van der Waals surface area (Å²) >= 11 is 0. The van der Waals surface area contributed by atoms with E-state index in [2.05, 4.69) is 15.5 Å². The molecule has 5 nitrogen and oxygen atoms in total. The van der Waals surface area contributed by atoms with Gasteiger partial charge in [0.25, 0.3) is 0 Å². The standard InChI is InChI=1S/C18H17N3O2/c1-23-14-4-2-3-12(9-14)13-7-8-15-16(10-13)20-21-17(15)19-18(22)11-5-6-11/h2-4,7-11H,5-6H2,1H3,(H2,19,20,21,22). The van der Waals surface area contributed by atoms with Gasteiger partial charge in [0, 0.05) is 11.3 Å². The second kappa shape index (κ2) is 5.43. The van der Waals surface area contributed by atoms with Crippen LogP contribution in [0.5, 0.6) is 5.75 Å². The number of hydrogen-bond donors (Lipinski definition) is 2. The average molecular weight is 307 g/mol. The lowest BCUT2D eigenvalue weighted by atomic mass is 10.0. The van der Waals surface area contributed by atoms with Gasteiger partial charge >= 0.3 is 0 Å². The normalized spacial score (nSPS) is 14.0. The Labute approximate surface area is 133 Å². The predicted octanol–water partition coefficient (Wildman–Crippen LogP) is 3.59. The number of fused-ring (bicyclic) bond motifs is 1. The van der Waals surface area contributed by atoms with Gasteiger partial charge in [-0.15, -0.1) is 0 Å². The summed E-state index contributed by atoms with van der Waals surface area (Å²) in [6.45, 7) is 0. The molecule has 0 spiro atoms. The fourth-order valence-electron chi connectivity index (χ4n) is 2.66. The van der Waals surface area contributed by atoms with E-state index in [1.807, 2.05) is 42.5 Å². The maximum atomic E-state index is 11.9. The molecule has 0 aliphatic heterocycles. The Morgan fingerprint density at radius 2 is 2.04 bits per heavy atom. The number of ether oxygens (including phenoxy) is 1. The predicted molar refractivity (Wildman–Crippen MR) is 89.4 cm³/mol. The molecule has 1 fully saturated rings. The van der Waals surface area contributed by atoms with Crippen molar-refractivity contribution in [2.24, 2.45) is 5.92 Å². The number of methoxy groups -OCH3 is 1. The van der Waals surface area contributed by atoms with Crippen molar-refractivity contribution in [2.75, 3.05) is 12.4 Å². The third kappa shape index (κ3) is 2.65. The van der Waals surface area contributed by atoms with Gasteiger partial charge in [-0.3, -0.25) is 9.89 Å². The van der Waals surface area contributed by atoms with E-state index in [9.17, 15) is 4.79 Å². The fourth-order valence-corrected chi connectivity index (χ4v) is 2.66. The monoisotopic (exact) mass is 307 g/mol. The smallest absolute Gasteiger partial charge is 0.228 e. The summed E-state index contributed by atoms with van der Waals surface area (Å²) < 4.78 is 5.27. The van der Waals surface area contributed by atoms with Gasteiger partial charge in [0.2, 0.25) is 5.91 Å². The number of anilines is 1. The Bertz CT molecular complexity index is 881. The molecule has 2 aromatic carbocycles. The number of benzene rings is 2. The number of carbonyl (C=O) groups excluding carboxylic acids is 1. The summed E-state index contributed by atoms with van der Waals surface area (Å²) in [5.41, 5.74) is 3.04. The summed E-state index contributed by atoms with van der Waals surface area (Å²) in [6.07, 6.45) is 1.96. The summed E-state index contributed by atoms with van der Waals surface area (Å²) in [5, 5.41) is 11.1. The first-order valence-electron chi connectivity index (χ1n) is 7.68. The van der Waals surface area contributed by atoms with Crippen molar-refractivity contribution >= 4 is 22.6 Å². The minimum absolute atomic E-state index is 0.0651. The van der Waals surface area contributed by atoms with Crippen LogP contribution in [-0.2, 0) is 4.79 Å².